The quantitative estimate of drug-likeness (QED) is 0.154. The summed E-state index contributed by atoms with van der Waals surface area (Å²) in [7, 11) is -4.00. The normalized spacial score (nSPS) is 28.0. The summed E-state index contributed by atoms with van der Waals surface area (Å²) in [5.41, 5.74) is 10.4. The van der Waals surface area contributed by atoms with E-state index < -0.39 is 10.1 Å². The van der Waals surface area contributed by atoms with Gasteiger partial charge in [-0.1, -0.05) is 68.7 Å². The zero-order chi connectivity index (χ0) is 31.8. The van der Waals surface area contributed by atoms with Crippen LogP contribution in [-0.4, -0.2) is 54.3 Å². The third-order valence-corrected chi connectivity index (χ3v) is 12.4. The first-order valence-corrected chi connectivity index (χ1v) is 18.9. The molecule has 5 heterocycles. The fraction of sp³-hybridized carbons (Fsp3) is 0.462. The van der Waals surface area contributed by atoms with Gasteiger partial charge < -0.3 is 9.64 Å². The largest absolute Gasteiger partial charge is 0.365 e. The van der Waals surface area contributed by atoms with Gasteiger partial charge in [0.25, 0.3) is 10.1 Å². The summed E-state index contributed by atoms with van der Waals surface area (Å²) in [5.74, 6) is -0.205. The lowest BCUT2D eigenvalue weighted by Gasteiger charge is -2.43. The summed E-state index contributed by atoms with van der Waals surface area (Å²) in [6, 6.07) is 22.2. The molecule has 4 unspecified atom stereocenters. The highest BCUT2D eigenvalue weighted by molar-refractivity contribution is 7.85. The van der Waals surface area contributed by atoms with Crippen molar-refractivity contribution in [1.82, 2.24) is 0 Å². The van der Waals surface area contributed by atoms with Gasteiger partial charge in [0, 0.05) is 52.5 Å². The van der Waals surface area contributed by atoms with Crippen molar-refractivity contribution < 1.29 is 22.3 Å². The number of para-hydroxylation sites is 1. The zero-order valence-electron chi connectivity index (χ0n) is 27.3. The highest BCUT2D eigenvalue weighted by Crippen LogP contribution is 2.56. The predicted molar refractivity (Wildman–Crippen MR) is 185 cm³/mol. The van der Waals surface area contributed by atoms with Gasteiger partial charge in [-0.2, -0.15) is 13.0 Å². The Bertz CT molecular complexity index is 1960. The van der Waals surface area contributed by atoms with Gasteiger partial charge in [0.05, 0.1) is 23.4 Å². The molecule has 0 aliphatic carbocycles. The van der Waals surface area contributed by atoms with Crippen LogP contribution in [-0.2, 0) is 25.7 Å². The Kier molecular flexibility index (Phi) is 7.13. The van der Waals surface area contributed by atoms with E-state index >= 15 is 0 Å². The van der Waals surface area contributed by atoms with Crippen LogP contribution < -0.4 is 4.90 Å². The van der Waals surface area contributed by atoms with Crippen LogP contribution in [0.4, 0.5) is 11.4 Å². The second-order valence-corrected chi connectivity index (χ2v) is 16.0. The Morgan fingerprint density at radius 1 is 0.935 bits per heavy atom. The van der Waals surface area contributed by atoms with Crippen molar-refractivity contribution in [2.75, 3.05) is 23.7 Å². The number of unbranched alkanes of at least 4 members (excludes halogenated alkanes) is 2. The van der Waals surface area contributed by atoms with Gasteiger partial charge in [-0.3, -0.25) is 4.55 Å². The van der Waals surface area contributed by atoms with Gasteiger partial charge in [-0.05, 0) is 74.1 Å². The topological polar surface area (TPSA) is 69.8 Å². The van der Waals surface area contributed by atoms with Gasteiger partial charge in [0.2, 0.25) is 5.69 Å². The average Bonchev–Trinajstić information content (AvgIpc) is 3.47. The van der Waals surface area contributed by atoms with Crippen LogP contribution in [0.1, 0.15) is 83.3 Å². The molecular weight excluding hydrogens is 593 g/mol. The Morgan fingerprint density at radius 2 is 1.72 bits per heavy atom. The molecule has 0 saturated heterocycles. The number of nitrogens with zero attached hydrogens (tertiary/aromatic N) is 2. The minimum atomic E-state index is -4.00. The molecule has 46 heavy (non-hydrogen) atoms. The molecule has 0 spiro atoms. The third-order valence-electron chi connectivity index (χ3n) is 11.6. The van der Waals surface area contributed by atoms with Crippen molar-refractivity contribution in [1.29, 1.82) is 0 Å². The van der Waals surface area contributed by atoms with Crippen molar-refractivity contribution in [3.05, 3.63) is 94.7 Å². The molecule has 0 radical (unpaired) electrons. The summed E-state index contributed by atoms with van der Waals surface area (Å²) in [6.07, 6.45) is 9.95. The van der Waals surface area contributed by atoms with Gasteiger partial charge in [0.1, 0.15) is 0 Å². The first kappa shape index (κ1) is 30.1. The number of rotatable bonds is 8. The molecule has 3 aromatic carbocycles. The van der Waals surface area contributed by atoms with Gasteiger partial charge in [-0.15, -0.1) is 0 Å². The van der Waals surface area contributed by atoms with E-state index in [9.17, 15) is 13.0 Å². The van der Waals surface area contributed by atoms with Gasteiger partial charge >= 0.3 is 0 Å². The first-order chi connectivity index (χ1) is 22.1. The molecule has 0 saturated carbocycles. The Labute approximate surface area is 273 Å². The molecule has 8 rings (SSSR count). The predicted octanol–water partition coefficient (Wildman–Crippen LogP) is 7.98. The second-order valence-electron chi connectivity index (χ2n) is 14.5. The summed E-state index contributed by atoms with van der Waals surface area (Å²) in [5, 5.41) is 2.48. The SMILES string of the molecule is CCCCC1(C)C2=C3C=C4C5=[N+](CCC4OC3CCN2c2ccccc21)c1ccc2ccccc2c1C5(C)CCCCS(=O)(=O)O. The number of ether oxygens (including phenoxy) is 1. The highest BCUT2D eigenvalue weighted by Gasteiger charge is 2.56. The second kappa shape index (κ2) is 10.9. The van der Waals surface area contributed by atoms with E-state index in [4.69, 9.17) is 4.74 Å². The highest BCUT2D eigenvalue weighted by atomic mass is 32.2. The summed E-state index contributed by atoms with van der Waals surface area (Å²) >= 11 is 0. The monoisotopic (exact) mass is 637 g/mol. The molecule has 0 aromatic heterocycles. The van der Waals surface area contributed by atoms with Crippen molar-refractivity contribution in [2.24, 2.45) is 0 Å². The molecule has 0 fully saturated rings. The maximum absolute atomic E-state index is 11.6. The number of benzene rings is 3. The van der Waals surface area contributed by atoms with Crippen LogP contribution in [0.15, 0.2) is 83.6 Å². The lowest BCUT2D eigenvalue weighted by molar-refractivity contribution is -0.445. The third kappa shape index (κ3) is 4.49. The van der Waals surface area contributed by atoms with Gasteiger partial charge in [0.15, 0.2) is 12.3 Å². The molecule has 240 valence electrons. The van der Waals surface area contributed by atoms with Crippen molar-refractivity contribution in [3.63, 3.8) is 0 Å². The standard InChI is InChI=1S/C39H44N2O4S/c1-4-5-20-38(2)30-14-8-9-15-31(30)40-22-18-33-28(36(38)40)25-29-34(45-33)19-23-41-32-17-16-26-12-6-7-13-27(26)35(32)39(3,37(29)41)21-10-11-24-46(42,43)44/h6-9,12-17,25,33-34H,4-5,10-11,18-24H2,1-3H3/p+1. The van der Waals surface area contributed by atoms with Crippen LogP contribution in [0.2, 0.25) is 0 Å². The summed E-state index contributed by atoms with van der Waals surface area (Å²) in [6.45, 7) is 8.97. The number of allylic oxidation sites excluding steroid dienone is 1. The Hall–Kier alpha value is -3.26. The minimum Gasteiger partial charge on any atom is -0.365 e. The van der Waals surface area contributed by atoms with E-state index in [2.05, 4.69) is 97.0 Å². The lowest BCUT2D eigenvalue weighted by Crippen LogP contribution is -2.48. The summed E-state index contributed by atoms with van der Waals surface area (Å²) in [4.78, 5) is 2.59. The number of anilines is 1. The maximum Gasteiger partial charge on any atom is 0.264 e. The number of hydrogen-bond acceptors (Lipinski definition) is 4. The van der Waals surface area contributed by atoms with E-state index in [1.54, 1.807) is 0 Å². The fourth-order valence-corrected chi connectivity index (χ4v) is 10.2. The average molecular weight is 638 g/mol. The van der Waals surface area contributed by atoms with Crippen molar-refractivity contribution in [3.8, 4) is 0 Å². The van der Waals surface area contributed by atoms with E-state index in [0.29, 0.717) is 12.8 Å². The Balaban J connectivity index is 1.30. The van der Waals surface area contributed by atoms with Crippen LogP contribution in [0.5, 0.6) is 0 Å². The molecule has 3 aromatic rings. The maximum atomic E-state index is 11.6. The number of hydrogen-bond donors (Lipinski definition) is 1. The van der Waals surface area contributed by atoms with E-state index in [1.165, 1.54) is 68.7 Å². The van der Waals surface area contributed by atoms with Crippen molar-refractivity contribution >= 4 is 38.0 Å². The van der Waals surface area contributed by atoms with Crippen LogP contribution in [0, 0.1) is 0 Å². The lowest BCUT2D eigenvalue weighted by atomic mass is 9.69. The van der Waals surface area contributed by atoms with E-state index in [0.717, 1.165) is 38.8 Å². The molecule has 1 N–H and O–H groups in total. The van der Waals surface area contributed by atoms with Crippen molar-refractivity contribution in [2.45, 2.75) is 95.2 Å². The molecule has 0 amide bonds. The van der Waals surface area contributed by atoms with E-state index in [-0.39, 0.29) is 28.8 Å². The molecule has 4 atom stereocenters. The molecule has 6 nitrogen and oxygen atoms in total. The zero-order valence-corrected chi connectivity index (χ0v) is 28.1. The van der Waals surface area contributed by atoms with Crippen LogP contribution in [0.3, 0.4) is 0 Å². The van der Waals surface area contributed by atoms with Crippen LogP contribution in [0.25, 0.3) is 10.8 Å². The summed E-state index contributed by atoms with van der Waals surface area (Å²) < 4.78 is 42.4. The van der Waals surface area contributed by atoms with Gasteiger partial charge in [-0.25, -0.2) is 0 Å². The molecule has 0 bridgehead atoms. The molecule has 5 aliphatic heterocycles. The molecular formula is C39H45N2O4S+. The van der Waals surface area contributed by atoms with Crippen LogP contribution >= 0.6 is 0 Å². The smallest absolute Gasteiger partial charge is 0.264 e. The first-order valence-electron chi connectivity index (χ1n) is 17.3. The molecule has 7 heteroatoms. The number of fused-ring (bicyclic) bond motifs is 10. The Morgan fingerprint density at radius 3 is 2.54 bits per heavy atom. The minimum absolute atomic E-state index is 0.0375. The fourth-order valence-electron chi connectivity index (χ4n) is 9.61. The molecule has 5 aliphatic rings. The van der Waals surface area contributed by atoms with E-state index in [1.807, 2.05) is 0 Å².